The van der Waals surface area contributed by atoms with Crippen molar-refractivity contribution in [1.29, 1.82) is 0 Å². The highest BCUT2D eigenvalue weighted by atomic mass is 35.5. The molecule has 5 heteroatoms. The third-order valence-corrected chi connectivity index (χ3v) is 5.51. The fourth-order valence-electron chi connectivity index (χ4n) is 4.05. The van der Waals surface area contributed by atoms with Crippen LogP contribution in [0.25, 0.3) is 0 Å². The van der Waals surface area contributed by atoms with Gasteiger partial charge in [0.25, 0.3) is 0 Å². The van der Waals surface area contributed by atoms with Gasteiger partial charge in [-0.15, -0.1) is 0 Å². The average molecular weight is 364 g/mol. The Morgan fingerprint density at radius 2 is 1.84 bits per heavy atom. The second kappa shape index (κ2) is 6.64. The van der Waals surface area contributed by atoms with E-state index >= 15 is 0 Å². The molecule has 1 aromatic carbocycles. The van der Waals surface area contributed by atoms with E-state index in [1.807, 2.05) is 45.0 Å². The monoisotopic (exact) mass is 363 g/mol. The van der Waals surface area contributed by atoms with Crippen LogP contribution in [-0.4, -0.2) is 35.0 Å². The predicted molar refractivity (Wildman–Crippen MR) is 98.0 cm³/mol. The van der Waals surface area contributed by atoms with Crippen molar-refractivity contribution in [2.45, 2.75) is 69.9 Å². The van der Waals surface area contributed by atoms with Crippen molar-refractivity contribution in [3.05, 3.63) is 34.9 Å². The summed E-state index contributed by atoms with van der Waals surface area (Å²) < 4.78 is 5.59. The molecule has 1 aliphatic heterocycles. The van der Waals surface area contributed by atoms with Crippen molar-refractivity contribution in [2.75, 3.05) is 6.54 Å². The van der Waals surface area contributed by atoms with Crippen LogP contribution >= 0.6 is 11.6 Å². The molecule has 0 bridgehead atoms. The molecule has 0 aromatic heterocycles. The van der Waals surface area contributed by atoms with Gasteiger partial charge in [0.1, 0.15) is 11.6 Å². The standard InChI is InChI=1S/C20H26ClNO3/c1-19(2,3)25-18(24)22-13-4-6-16(23)17(22)20(11-5-12-20)14-7-9-15(21)10-8-14/h7-10,17H,4-6,11-13H2,1-3H3. The Hall–Kier alpha value is -1.55. The number of carbonyl (C=O) groups is 2. The number of amides is 1. The van der Waals surface area contributed by atoms with Crippen LogP contribution in [0.2, 0.25) is 5.02 Å². The number of hydrogen-bond donors (Lipinski definition) is 0. The van der Waals surface area contributed by atoms with Crippen molar-refractivity contribution >= 4 is 23.5 Å². The number of ketones is 1. The Balaban J connectivity index is 1.95. The van der Waals surface area contributed by atoms with Gasteiger partial charge in [-0.3, -0.25) is 9.69 Å². The zero-order chi connectivity index (χ0) is 18.2. The SMILES string of the molecule is CC(C)(C)OC(=O)N1CCCC(=O)C1C1(c2ccc(Cl)cc2)CCC1. The van der Waals surface area contributed by atoms with Crippen LogP contribution in [0.4, 0.5) is 4.79 Å². The molecule has 2 fully saturated rings. The molecular weight excluding hydrogens is 338 g/mol. The second-order valence-electron chi connectivity index (χ2n) is 8.16. The van der Waals surface area contributed by atoms with E-state index in [9.17, 15) is 9.59 Å². The van der Waals surface area contributed by atoms with Crippen LogP contribution in [0.15, 0.2) is 24.3 Å². The van der Waals surface area contributed by atoms with Gasteiger partial charge in [0.2, 0.25) is 0 Å². The summed E-state index contributed by atoms with van der Waals surface area (Å²) in [5.41, 5.74) is 0.214. The number of carbonyl (C=O) groups excluding carboxylic acids is 2. The van der Waals surface area contributed by atoms with E-state index in [4.69, 9.17) is 16.3 Å². The molecule has 2 aliphatic rings. The molecule has 1 amide bonds. The van der Waals surface area contributed by atoms with E-state index in [1.165, 1.54) is 0 Å². The lowest BCUT2D eigenvalue weighted by atomic mass is 9.58. The number of piperidine rings is 1. The lowest BCUT2D eigenvalue weighted by Gasteiger charge is -2.52. The van der Waals surface area contributed by atoms with Gasteiger partial charge >= 0.3 is 6.09 Å². The number of likely N-dealkylation sites (tertiary alicyclic amines) is 1. The zero-order valence-electron chi connectivity index (χ0n) is 15.2. The molecule has 0 spiro atoms. The molecule has 136 valence electrons. The molecule has 1 saturated carbocycles. The molecule has 3 rings (SSSR count). The fraction of sp³-hybridized carbons (Fsp3) is 0.600. The predicted octanol–water partition coefficient (Wildman–Crippen LogP) is 4.73. The first-order valence-corrected chi connectivity index (χ1v) is 9.39. The number of halogens is 1. The number of ether oxygens (including phenoxy) is 1. The highest BCUT2D eigenvalue weighted by Crippen LogP contribution is 2.50. The molecule has 1 aliphatic carbocycles. The average Bonchev–Trinajstić information content (AvgIpc) is 2.47. The number of nitrogens with zero attached hydrogens (tertiary/aromatic N) is 1. The van der Waals surface area contributed by atoms with Gasteiger partial charge in [-0.2, -0.15) is 0 Å². The highest BCUT2D eigenvalue weighted by molar-refractivity contribution is 6.30. The Morgan fingerprint density at radius 3 is 2.36 bits per heavy atom. The molecule has 4 nitrogen and oxygen atoms in total. The van der Waals surface area contributed by atoms with Gasteiger partial charge in [-0.25, -0.2) is 4.79 Å². The van der Waals surface area contributed by atoms with Crippen molar-refractivity contribution in [3.8, 4) is 0 Å². The lowest BCUT2D eigenvalue weighted by molar-refractivity contribution is -0.132. The van der Waals surface area contributed by atoms with Gasteiger partial charge in [-0.05, 0) is 57.7 Å². The Labute approximate surface area is 154 Å². The first kappa shape index (κ1) is 18.2. The Kier molecular flexibility index (Phi) is 4.84. The minimum atomic E-state index is -0.574. The van der Waals surface area contributed by atoms with E-state index in [0.29, 0.717) is 24.4 Å². The number of benzene rings is 1. The lowest BCUT2D eigenvalue weighted by Crippen LogP contribution is -2.62. The third kappa shape index (κ3) is 3.55. The van der Waals surface area contributed by atoms with Crippen LogP contribution in [0.5, 0.6) is 0 Å². The van der Waals surface area contributed by atoms with Gasteiger partial charge in [0.15, 0.2) is 5.78 Å². The molecule has 25 heavy (non-hydrogen) atoms. The summed E-state index contributed by atoms with van der Waals surface area (Å²) in [4.78, 5) is 27.3. The fourth-order valence-corrected chi connectivity index (χ4v) is 4.17. The number of rotatable bonds is 2. The van der Waals surface area contributed by atoms with E-state index in [0.717, 1.165) is 24.8 Å². The summed E-state index contributed by atoms with van der Waals surface area (Å²) in [7, 11) is 0. The quantitative estimate of drug-likeness (QED) is 0.763. The van der Waals surface area contributed by atoms with Crippen molar-refractivity contribution in [1.82, 2.24) is 4.90 Å². The number of Topliss-reactive ketones (excluding diaryl/α,β-unsaturated/α-hetero) is 1. The maximum Gasteiger partial charge on any atom is 0.410 e. The topological polar surface area (TPSA) is 46.6 Å². The zero-order valence-corrected chi connectivity index (χ0v) is 15.9. The van der Waals surface area contributed by atoms with Crippen LogP contribution < -0.4 is 0 Å². The summed E-state index contributed by atoms with van der Waals surface area (Å²) in [6.45, 7) is 6.12. The highest BCUT2D eigenvalue weighted by Gasteiger charge is 2.53. The second-order valence-corrected chi connectivity index (χ2v) is 8.60. The molecule has 0 N–H and O–H groups in total. The summed E-state index contributed by atoms with van der Waals surface area (Å²) in [5, 5.41) is 0.678. The van der Waals surface area contributed by atoms with Crippen LogP contribution in [0.3, 0.4) is 0 Å². The van der Waals surface area contributed by atoms with Gasteiger partial charge < -0.3 is 4.74 Å². The largest absolute Gasteiger partial charge is 0.444 e. The van der Waals surface area contributed by atoms with E-state index in [-0.39, 0.29) is 17.3 Å². The molecule has 1 aromatic rings. The van der Waals surface area contributed by atoms with Gasteiger partial charge in [-0.1, -0.05) is 30.2 Å². The molecule has 1 heterocycles. The summed E-state index contributed by atoms with van der Waals surface area (Å²) >= 11 is 6.04. The minimum Gasteiger partial charge on any atom is -0.444 e. The van der Waals surface area contributed by atoms with Crippen LogP contribution in [0, 0.1) is 0 Å². The van der Waals surface area contributed by atoms with Gasteiger partial charge in [0, 0.05) is 23.4 Å². The minimum absolute atomic E-state index is 0.145. The molecule has 1 atom stereocenters. The van der Waals surface area contributed by atoms with Crippen molar-refractivity contribution in [3.63, 3.8) is 0 Å². The molecule has 1 saturated heterocycles. The smallest absolute Gasteiger partial charge is 0.410 e. The van der Waals surface area contributed by atoms with E-state index in [1.54, 1.807) is 4.90 Å². The summed E-state index contributed by atoms with van der Waals surface area (Å²) in [6.07, 6.45) is 3.72. The van der Waals surface area contributed by atoms with Crippen molar-refractivity contribution in [2.24, 2.45) is 0 Å². The molecule has 1 unspecified atom stereocenters. The third-order valence-electron chi connectivity index (χ3n) is 5.26. The Morgan fingerprint density at radius 1 is 1.20 bits per heavy atom. The molecule has 0 radical (unpaired) electrons. The molecular formula is C20H26ClNO3. The maximum absolute atomic E-state index is 12.9. The van der Waals surface area contributed by atoms with Gasteiger partial charge in [0.05, 0.1) is 0 Å². The first-order valence-electron chi connectivity index (χ1n) is 9.01. The summed E-state index contributed by atoms with van der Waals surface area (Å²) in [5.74, 6) is 0.145. The van der Waals surface area contributed by atoms with Crippen molar-refractivity contribution < 1.29 is 14.3 Å². The summed E-state index contributed by atoms with van der Waals surface area (Å²) in [6, 6.07) is 7.28. The van der Waals surface area contributed by atoms with E-state index < -0.39 is 11.6 Å². The normalized spacial score (nSPS) is 23.1. The first-order chi connectivity index (χ1) is 11.7. The van der Waals surface area contributed by atoms with Crippen LogP contribution in [-0.2, 0) is 14.9 Å². The number of hydrogen-bond acceptors (Lipinski definition) is 3. The maximum atomic E-state index is 12.9. The van der Waals surface area contributed by atoms with E-state index in [2.05, 4.69) is 0 Å². The van der Waals surface area contributed by atoms with Crippen LogP contribution in [0.1, 0.15) is 58.4 Å². The Bertz CT molecular complexity index is 659.